The van der Waals surface area contributed by atoms with Gasteiger partial charge in [-0.25, -0.2) is 0 Å². The highest BCUT2D eigenvalue weighted by atomic mass is 19.4. The number of aryl methyl sites for hydroxylation is 1. The van der Waals surface area contributed by atoms with Crippen LogP contribution in [0.3, 0.4) is 0 Å². The van der Waals surface area contributed by atoms with E-state index >= 15 is 0 Å². The molecular formula is C17H21F3N6O3. The summed E-state index contributed by atoms with van der Waals surface area (Å²) in [7, 11) is 0. The second-order valence-corrected chi connectivity index (χ2v) is 7.54. The summed E-state index contributed by atoms with van der Waals surface area (Å²) in [5.74, 6) is 0.603. The lowest BCUT2D eigenvalue weighted by Gasteiger charge is -2.36. The van der Waals surface area contributed by atoms with Crippen LogP contribution >= 0.6 is 0 Å². The molecule has 1 fully saturated rings. The minimum absolute atomic E-state index is 0.0533. The highest BCUT2D eigenvalue weighted by Crippen LogP contribution is 2.44. The van der Waals surface area contributed by atoms with Crippen LogP contribution in [0.2, 0.25) is 0 Å². The first-order valence-electron chi connectivity index (χ1n) is 9.20. The van der Waals surface area contributed by atoms with Gasteiger partial charge in [0.05, 0.1) is 32.3 Å². The number of fused-ring (bicyclic) bond motifs is 1. The molecule has 0 radical (unpaired) electrons. The molecule has 0 spiro atoms. The number of ether oxygens (including phenoxy) is 1. The van der Waals surface area contributed by atoms with Crippen molar-refractivity contribution >= 4 is 11.8 Å². The number of morpholine rings is 1. The van der Waals surface area contributed by atoms with Crippen molar-refractivity contribution in [2.24, 2.45) is 0 Å². The third-order valence-corrected chi connectivity index (χ3v) is 5.42. The molecule has 2 aliphatic heterocycles. The lowest BCUT2D eigenvalue weighted by atomic mass is 10.0. The van der Waals surface area contributed by atoms with Crippen LogP contribution in [0, 0.1) is 6.92 Å². The molecule has 2 aromatic heterocycles. The van der Waals surface area contributed by atoms with Gasteiger partial charge in [0.2, 0.25) is 11.8 Å². The van der Waals surface area contributed by atoms with Crippen molar-refractivity contribution in [3.63, 3.8) is 0 Å². The van der Waals surface area contributed by atoms with Crippen molar-refractivity contribution in [1.29, 1.82) is 0 Å². The van der Waals surface area contributed by atoms with Crippen molar-refractivity contribution in [2.45, 2.75) is 51.6 Å². The summed E-state index contributed by atoms with van der Waals surface area (Å²) in [5, 5.41) is 3.71. The fourth-order valence-corrected chi connectivity index (χ4v) is 3.70. The Hall–Kier alpha value is -2.63. The zero-order chi connectivity index (χ0) is 21.0. The van der Waals surface area contributed by atoms with Crippen LogP contribution in [0.25, 0.3) is 0 Å². The summed E-state index contributed by atoms with van der Waals surface area (Å²) in [6.45, 7) is 5.06. The Labute approximate surface area is 164 Å². The first-order chi connectivity index (χ1) is 13.6. The van der Waals surface area contributed by atoms with E-state index < -0.39 is 23.8 Å². The minimum Gasteiger partial charge on any atom is -0.377 e. The molecule has 4 heterocycles. The maximum Gasteiger partial charge on any atom is 0.413 e. The van der Waals surface area contributed by atoms with Crippen LogP contribution < -0.4 is 15.4 Å². The number of alkyl halides is 3. The van der Waals surface area contributed by atoms with Gasteiger partial charge in [-0.3, -0.25) is 9.36 Å². The smallest absolute Gasteiger partial charge is 0.377 e. The third kappa shape index (κ3) is 3.24. The first kappa shape index (κ1) is 19.7. The van der Waals surface area contributed by atoms with E-state index in [2.05, 4.69) is 15.1 Å². The van der Waals surface area contributed by atoms with Crippen LogP contribution in [0.15, 0.2) is 15.4 Å². The van der Waals surface area contributed by atoms with Gasteiger partial charge >= 0.3 is 6.18 Å². The highest BCUT2D eigenvalue weighted by Gasteiger charge is 2.60. The summed E-state index contributed by atoms with van der Waals surface area (Å²) >= 11 is 0. The maximum absolute atomic E-state index is 14.0. The molecule has 0 saturated carbocycles. The Kier molecular flexibility index (Phi) is 4.56. The zero-order valence-electron chi connectivity index (χ0n) is 16.2. The van der Waals surface area contributed by atoms with Gasteiger partial charge < -0.3 is 19.1 Å². The number of aromatic nitrogens is 4. The van der Waals surface area contributed by atoms with Gasteiger partial charge in [0.25, 0.3) is 5.56 Å². The van der Waals surface area contributed by atoms with E-state index in [9.17, 15) is 18.0 Å². The molecule has 2 atom stereocenters. The summed E-state index contributed by atoms with van der Waals surface area (Å²) in [5.41, 5.74) is -2.87. The Morgan fingerprint density at radius 3 is 2.72 bits per heavy atom. The number of hydrogen-bond acceptors (Lipinski definition) is 8. The Bertz CT molecular complexity index is 974. The summed E-state index contributed by atoms with van der Waals surface area (Å²) in [6.07, 6.45) is -4.61. The minimum atomic E-state index is -4.61. The third-order valence-electron chi connectivity index (χ3n) is 5.42. The summed E-state index contributed by atoms with van der Waals surface area (Å²) in [6, 6.07) is 1.23. The highest BCUT2D eigenvalue weighted by molar-refractivity contribution is 5.50. The monoisotopic (exact) mass is 414 g/mol. The molecule has 4 rings (SSSR count). The predicted octanol–water partition coefficient (Wildman–Crippen LogP) is 1.50. The van der Waals surface area contributed by atoms with E-state index in [0.29, 0.717) is 25.6 Å². The predicted molar refractivity (Wildman–Crippen MR) is 95.8 cm³/mol. The molecule has 158 valence electrons. The fourth-order valence-electron chi connectivity index (χ4n) is 3.70. The maximum atomic E-state index is 14.0. The molecule has 12 heteroatoms. The van der Waals surface area contributed by atoms with E-state index in [1.165, 1.54) is 6.07 Å². The molecule has 0 aromatic carbocycles. The fraction of sp³-hybridized carbons (Fsp3) is 0.647. The zero-order valence-corrected chi connectivity index (χ0v) is 16.2. The van der Waals surface area contributed by atoms with Gasteiger partial charge in [-0.05, 0) is 13.8 Å². The second-order valence-electron chi connectivity index (χ2n) is 7.54. The molecule has 2 aliphatic rings. The standard InChI is InChI=1S/C17H21F3N6O3/c1-10-8-28-5-4-24(10)13-6-14(27)25-9-16(3,17(18,19)20)26(15(25)22-13)7-12-21-11(2)29-23-12/h6,10H,4-5,7-9H2,1-3H3/t10?,16-/m0/s1. The lowest BCUT2D eigenvalue weighted by Crippen LogP contribution is -2.55. The largest absolute Gasteiger partial charge is 0.413 e. The molecule has 0 amide bonds. The molecular weight excluding hydrogens is 393 g/mol. The molecule has 0 aliphatic carbocycles. The number of halogens is 3. The van der Waals surface area contributed by atoms with Crippen molar-refractivity contribution in [2.75, 3.05) is 29.6 Å². The molecule has 1 unspecified atom stereocenters. The van der Waals surface area contributed by atoms with Crippen LogP contribution in [0.4, 0.5) is 24.9 Å². The number of rotatable bonds is 3. The summed E-state index contributed by atoms with van der Waals surface area (Å²) < 4.78 is 53.5. The summed E-state index contributed by atoms with van der Waals surface area (Å²) in [4.78, 5) is 24.1. The molecule has 29 heavy (non-hydrogen) atoms. The molecule has 9 nitrogen and oxygen atoms in total. The normalized spacial score (nSPS) is 24.8. The average molecular weight is 414 g/mol. The van der Waals surface area contributed by atoms with E-state index in [0.717, 1.165) is 16.4 Å². The van der Waals surface area contributed by atoms with Crippen LogP contribution in [-0.4, -0.2) is 57.2 Å². The number of hydrogen-bond donors (Lipinski definition) is 0. The average Bonchev–Trinajstić information content (AvgIpc) is 3.18. The topological polar surface area (TPSA) is 89.5 Å². The van der Waals surface area contributed by atoms with Crippen LogP contribution in [-0.2, 0) is 17.8 Å². The molecule has 1 saturated heterocycles. The van der Waals surface area contributed by atoms with Crippen molar-refractivity contribution < 1.29 is 22.4 Å². The van der Waals surface area contributed by atoms with E-state index in [1.54, 1.807) is 6.92 Å². The Morgan fingerprint density at radius 2 is 2.10 bits per heavy atom. The van der Waals surface area contributed by atoms with E-state index in [1.807, 2.05) is 11.8 Å². The van der Waals surface area contributed by atoms with Gasteiger partial charge in [0, 0.05) is 19.5 Å². The number of nitrogens with zero attached hydrogens (tertiary/aromatic N) is 6. The molecule has 2 aromatic rings. The van der Waals surface area contributed by atoms with Crippen molar-refractivity contribution in [3.8, 4) is 0 Å². The van der Waals surface area contributed by atoms with E-state index in [4.69, 9.17) is 9.26 Å². The van der Waals surface area contributed by atoms with E-state index in [-0.39, 0.29) is 30.3 Å². The van der Waals surface area contributed by atoms with Crippen LogP contribution in [0.1, 0.15) is 25.6 Å². The Balaban J connectivity index is 1.80. The SMILES string of the molecule is Cc1nc(CN2c3nc(N4CCOCC4C)cc(=O)n3C[C@@]2(C)C(F)(F)F)no1. The van der Waals surface area contributed by atoms with Gasteiger partial charge in [-0.15, -0.1) is 0 Å². The Morgan fingerprint density at radius 1 is 1.34 bits per heavy atom. The molecule has 0 bridgehead atoms. The lowest BCUT2D eigenvalue weighted by molar-refractivity contribution is -0.182. The van der Waals surface area contributed by atoms with Gasteiger partial charge in [0.1, 0.15) is 5.82 Å². The quantitative estimate of drug-likeness (QED) is 0.747. The van der Waals surface area contributed by atoms with Gasteiger partial charge in [-0.2, -0.15) is 23.1 Å². The second kappa shape index (κ2) is 6.71. The van der Waals surface area contributed by atoms with Gasteiger partial charge in [0.15, 0.2) is 11.4 Å². The molecule has 0 N–H and O–H groups in total. The van der Waals surface area contributed by atoms with Crippen LogP contribution in [0.5, 0.6) is 0 Å². The number of anilines is 2. The first-order valence-corrected chi connectivity index (χ1v) is 9.20. The van der Waals surface area contributed by atoms with Gasteiger partial charge in [-0.1, -0.05) is 5.16 Å². The van der Waals surface area contributed by atoms with Crippen molar-refractivity contribution in [3.05, 3.63) is 28.1 Å². The van der Waals surface area contributed by atoms with Crippen molar-refractivity contribution in [1.82, 2.24) is 19.7 Å².